The zero-order chi connectivity index (χ0) is 16.0. The van der Waals surface area contributed by atoms with Crippen molar-refractivity contribution in [3.05, 3.63) is 71.7 Å². The molecule has 0 aliphatic heterocycles. The van der Waals surface area contributed by atoms with E-state index in [0.717, 1.165) is 18.3 Å². The van der Waals surface area contributed by atoms with Crippen LogP contribution in [0.5, 0.6) is 0 Å². The van der Waals surface area contributed by atoms with E-state index in [1.165, 1.54) is 30.3 Å². The predicted octanol–water partition coefficient (Wildman–Crippen LogP) is 4.11. The van der Waals surface area contributed by atoms with Gasteiger partial charge in [-0.05, 0) is 23.8 Å². The Labute approximate surface area is 123 Å². The minimum atomic E-state index is -4.96. The van der Waals surface area contributed by atoms with Crippen LogP contribution in [0.15, 0.2) is 54.7 Å². The monoisotopic (exact) mass is 309 g/mol. The summed E-state index contributed by atoms with van der Waals surface area (Å²) in [7, 11) is 0. The maximum atomic E-state index is 13.6. The van der Waals surface area contributed by atoms with E-state index in [1.807, 2.05) is 0 Å². The fourth-order valence-corrected chi connectivity index (χ4v) is 2.54. The lowest BCUT2D eigenvalue weighted by Crippen LogP contribution is -2.43. The first-order chi connectivity index (χ1) is 10.3. The zero-order valence-electron chi connectivity index (χ0n) is 11.2. The van der Waals surface area contributed by atoms with Crippen molar-refractivity contribution in [2.45, 2.75) is 11.8 Å². The third kappa shape index (κ3) is 2.07. The van der Waals surface area contributed by atoms with E-state index < -0.39 is 23.2 Å². The number of H-pyrrole nitrogens is 1. The van der Waals surface area contributed by atoms with Gasteiger partial charge in [-0.25, -0.2) is 4.39 Å². The van der Waals surface area contributed by atoms with Crippen molar-refractivity contribution in [1.82, 2.24) is 4.98 Å². The lowest BCUT2D eigenvalue weighted by Gasteiger charge is -2.31. The molecule has 0 radical (unpaired) electrons. The molecule has 1 atom stereocenters. The highest BCUT2D eigenvalue weighted by molar-refractivity contribution is 5.85. The minimum Gasteiger partial charge on any atom is -0.372 e. The molecule has 0 aliphatic carbocycles. The number of fused-ring (bicyclic) bond motifs is 1. The smallest absolute Gasteiger partial charge is 0.372 e. The summed E-state index contributed by atoms with van der Waals surface area (Å²) < 4.78 is 54.3. The number of hydrogen-bond donors (Lipinski definition) is 2. The summed E-state index contributed by atoms with van der Waals surface area (Å²) in [4.78, 5) is 2.64. The van der Waals surface area contributed by atoms with E-state index in [1.54, 1.807) is 6.07 Å². The Morgan fingerprint density at radius 2 is 1.64 bits per heavy atom. The number of benzene rings is 2. The number of rotatable bonds is 2. The summed E-state index contributed by atoms with van der Waals surface area (Å²) in [5.41, 5.74) is -3.66. The maximum absolute atomic E-state index is 13.6. The highest BCUT2D eigenvalue weighted by Gasteiger charge is 2.57. The van der Waals surface area contributed by atoms with Gasteiger partial charge in [-0.15, -0.1) is 0 Å². The number of aromatic amines is 1. The fraction of sp³-hybridized carbons (Fsp3) is 0.125. The molecular weight excluding hydrogens is 298 g/mol. The molecule has 2 aromatic carbocycles. The van der Waals surface area contributed by atoms with Gasteiger partial charge >= 0.3 is 6.18 Å². The lowest BCUT2D eigenvalue weighted by molar-refractivity contribution is -0.247. The number of alkyl halides is 3. The molecule has 22 heavy (non-hydrogen) atoms. The van der Waals surface area contributed by atoms with E-state index in [2.05, 4.69) is 4.98 Å². The largest absolute Gasteiger partial charge is 0.425 e. The Morgan fingerprint density at radius 3 is 2.27 bits per heavy atom. The molecule has 0 fully saturated rings. The maximum Gasteiger partial charge on any atom is 0.425 e. The first-order valence-corrected chi connectivity index (χ1v) is 6.46. The molecule has 0 saturated carbocycles. The summed E-state index contributed by atoms with van der Waals surface area (Å²) in [5, 5.41) is 10.5. The zero-order valence-corrected chi connectivity index (χ0v) is 11.2. The van der Waals surface area contributed by atoms with Gasteiger partial charge in [-0.3, -0.25) is 0 Å². The van der Waals surface area contributed by atoms with E-state index in [-0.39, 0.29) is 10.9 Å². The average Bonchev–Trinajstić information content (AvgIpc) is 2.89. The number of hydrogen-bond acceptors (Lipinski definition) is 1. The fourth-order valence-electron chi connectivity index (χ4n) is 2.54. The van der Waals surface area contributed by atoms with Crippen LogP contribution in [0.25, 0.3) is 10.9 Å². The van der Waals surface area contributed by atoms with Crippen LogP contribution >= 0.6 is 0 Å². The van der Waals surface area contributed by atoms with Gasteiger partial charge < -0.3 is 10.1 Å². The summed E-state index contributed by atoms with van der Waals surface area (Å²) in [6.07, 6.45) is -3.90. The number of aromatic nitrogens is 1. The van der Waals surface area contributed by atoms with Gasteiger partial charge in [0, 0.05) is 22.7 Å². The van der Waals surface area contributed by atoms with Crippen molar-refractivity contribution < 1.29 is 22.7 Å². The van der Waals surface area contributed by atoms with Crippen molar-refractivity contribution in [1.29, 1.82) is 0 Å². The average molecular weight is 309 g/mol. The Bertz CT molecular complexity index is 810. The standard InChI is InChI=1S/C16H11F4NO/c17-11-6-7-14-12(8-11)13(9-21-14)15(22,16(18,19)20)10-4-2-1-3-5-10/h1-9,21-22H. The SMILES string of the molecule is OC(c1ccccc1)(c1c[nH]c2ccc(F)cc12)C(F)(F)F. The van der Waals surface area contributed by atoms with Crippen molar-refractivity contribution in [2.24, 2.45) is 0 Å². The van der Waals surface area contributed by atoms with Crippen LogP contribution in [0.3, 0.4) is 0 Å². The summed E-state index contributed by atoms with van der Waals surface area (Å²) in [5.74, 6) is -0.675. The van der Waals surface area contributed by atoms with Crippen LogP contribution in [0.1, 0.15) is 11.1 Å². The number of nitrogens with one attached hydrogen (secondary N) is 1. The normalized spacial score (nSPS) is 15.0. The molecule has 0 amide bonds. The quantitative estimate of drug-likeness (QED) is 0.687. The molecule has 2 nitrogen and oxygen atoms in total. The summed E-state index contributed by atoms with van der Waals surface area (Å²) in [6.45, 7) is 0. The molecule has 1 aromatic heterocycles. The lowest BCUT2D eigenvalue weighted by atomic mass is 9.85. The molecule has 0 aliphatic rings. The van der Waals surface area contributed by atoms with Crippen LogP contribution in [0.4, 0.5) is 17.6 Å². The Hall–Kier alpha value is -2.34. The summed E-state index contributed by atoms with van der Waals surface area (Å²) >= 11 is 0. The molecule has 0 spiro atoms. The van der Waals surface area contributed by atoms with Gasteiger partial charge in [-0.2, -0.15) is 13.2 Å². The van der Waals surface area contributed by atoms with E-state index in [4.69, 9.17) is 0 Å². The molecule has 0 bridgehead atoms. The van der Waals surface area contributed by atoms with Gasteiger partial charge in [0.15, 0.2) is 0 Å². The Balaban J connectivity index is 2.33. The van der Waals surface area contributed by atoms with Crippen molar-refractivity contribution in [3.63, 3.8) is 0 Å². The number of halogens is 4. The third-order valence-electron chi connectivity index (χ3n) is 3.64. The molecular formula is C16H11F4NO. The van der Waals surface area contributed by atoms with Gasteiger partial charge in [0.05, 0.1) is 0 Å². The molecule has 3 aromatic rings. The first-order valence-electron chi connectivity index (χ1n) is 6.46. The second kappa shape index (κ2) is 4.84. The second-order valence-corrected chi connectivity index (χ2v) is 4.97. The van der Waals surface area contributed by atoms with Crippen LogP contribution < -0.4 is 0 Å². The third-order valence-corrected chi connectivity index (χ3v) is 3.64. The highest BCUT2D eigenvalue weighted by Crippen LogP contribution is 2.46. The second-order valence-electron chi connectivity index (χ2n) is 4.97. The Kier molecular flexibility index (Phi) is 3.21. The van der Waals surface area contributed by atoms with Crippen molar-refractivity contribution in [3.8, 4) is 0 Å². The van der Waals surface area contributed by atoms with Crippen LogP contribution in [-0.4, -0.2) is 16.3 Å². The molecule has 3 rings (SSSR count). The van der Waals surface area contributed by atoms with Gasteiger partial charge in [-0.1, -0.05) is 30.3 Å². The predicted molar refractivity (Wildman–Crippen MR) is 73.8 cm³/mol. The first kappa shape index (κ1) is 14.6. The number of aliphatic hydroxyl groups is 1. The molecule has 0 saturated heterocycles. The highest BCUT2D eigenvalue weighted by atomic mass is 19.4. The topological polar surface area (TPSA) is 36.0 Å². The van der Waals surface area contributed by atoms with E-state index >= 15 is 0 Å². The van der Waals surface area contributed by atoms with Crippen molar-refractivity contribution in [2.75, 3.05) is 0 Å². The van der Waals surface area contributed by atoms with Gasteiger partial charge in [0.25, 0.3) is 0 Å². The molecule has 1 unspecified atom stereocenters. The van der Waals surface area contributed by atoms with Crippen molar-refractivity contribution >= 4 is 10.9 Å². The molecule has 2 N–H and O–H groups in total. The van der Waals surface area contributed by atoms with Crippen LogP contribution in [0.2, 0.25) is 0 Å². The molecule has 6 heteroatoms. The van der Waals surface area contributed by atoms with Crippen LogP contribution in [0, 0.1) is 5.82 Å². The molecule has 1 heterocycles. The Morgan fingerprint density at radius 1 is 0.955 bits per heavy atom. The van der Waals surface area contributed by atoms with Gasteiger partial charge in [0.2, 0.25) is 5.60 Å². The molecule has 114 valence electrons. The van der Waals surface area contributed by atoms with Gasteiger partial charge in [0.1, 0.15) is 5.82 Å². The van der Waals surface area contributed by atoms with Crippen LogP contribution in [-0.2, 0) is 5.60 Å². The minimum absolute atomic E-state index is 0.0105. The summed E-state index contributed by atoms with van der Waals surface area (Å²) in [6, 6.07) is 10.2. The van der Waals surface area contributed by atoms with E-state index in [9.17, 15) is 22.7 Å². The van der Waals surface area contributed by atoms with E-state index in [0.29, 0.717) is 5.52 Å².